The van der Waals surface area contributed by atoms with Crippen molar-refractivity contribution in [3.8, 4) is 0 Å². The van der Waals surface area contributed by atoms with Crippen molar-refractivity contribution in [2.24, 2.45) is 0 Å². The van der Waals surface area contributed by atoms with Gasteiger partial charge in [-0.3, -0.25) is 4.68 Å². The van der Waals surface area contributed by atoms with Gasteiger partial charge in [0.1, 0.15) is 6.17 Å². The first kappa shape index (κ1) is 9.65. The van der Waals surface area contributed by atoms with Gasteiger partial charge in [0.05, 0.1) is 12.2 Å². The Kier molecular flexibility index (Phi) is 2.54. The van der Waals surface area contributed by atoms with Crippen LogP contribution in [0.1, 0.15) is 18.0 Å². The van der Waals surface area contributed by atoms with E-state index < -0.39 is 6.17 Å². The van der Waals surface area contributed by atoms with Crippen molar-refractivity contribution in [2.75, 3.05) is 20.1 Å². The minimum atomic E-state index is -0.798. The molecule has 2 rings (SSSR count). The van der Waals surface area contributed by atoms with E-state index in [0.717, 1.165) is 18.5 Å². The predicted molar refractivity (Wildman–Crippen MR) is 53.0 cm³/mol. The molecule has 1 aromatic heterocycles. The van der Waals surface area contributed by atoms with Gasteiger partial charge in [0.15, 0.2) is 0 Å². The van der Waals surface area contributed by atoms with Gasteiger partial charge in [-0.05, 0) is 26.0 Å². The quantitative estimate of drug-likeness (QED) is 0.678. The maximum atomic E-state index is 13.7. The molecule has 1 aromatic rings. The van der Waals surface area contributed by atoms with Crippen molar-refractivity contribution in [3.63, 3.8) is 0 Å². The van der Waals surface area contributed by atoms with Crippen LogP contribution in [0.15, 0.2) is 12.4 Å². The normalized spacial score (nSPS) is 29.4. The summed E-state index contributed by atoms with van der Waals surface area (Å²) in [5.74, 6) is 0. The molecule has 0 spiro atoms. The number of hydrogen-bond acceptors (Lipinski definition) is 2. The smallest absolute Gasteiger partial charge is 0.135 e. The van der Waals surface area contributed by atoms with Crippen LogP contribution in [-0.2, 0) is 0 Å². The second-order valence-electron chi connectivity index (χ2n) is 4.13. The van der Waals surface area contributed by atoms with Crippen LogP contribution in [0.4, 0.5) is 4.39 Å². The summed E-state index contributed by atoms with van der Waals surface area (Å²) in [5, 5.41) is 4.17. The van der Waals surface area contributed by atoms with Crippen LogP contribution in [-0.4, -0.2) is 41.0 Å². The highest BCUT2D eigenvalue weighted by molar-refractivity contribution is 5.01. The van der Waals surface area contributed by atoms with Crippen molar-refractivity contribution < 1.29 is 4.39 Å². The van der Waals surface area contributed by atoms with Crippen LogP contribution in [0.3, 0.4) is 0 Å². The largest absolute Gasteiger partial charge is 0.303 e. The lowest BCUT2D eigenvalue weighted by Crippen LogP contribution is -2.40. The zero-order chi connectivity index (χ0) is 10.1. The maximum Gasteiger partial charge on any atom is 0.135 e. The van der Waals surface area contributed by atoms with E-state index in [1.165, 1.54) is 0 Å². The summed E-state index contributed by atoms with van der Waals surface area (Å²) in [6.07, 6.45) is 3.75. The molecule has 1 fully saturated rings. The monoisotopic (exact) mass is 197 g/mol. The lowest BCUT2D eigenvalue weighted by Gasteiger charge is -2.32. The molecule has 0 bridgehead atoms. The summed E-state index contributed by atoms with van der Waals surface area (Å²) in [7, 11) is 1.96. The number of hydrogen-bond donors (Lipinski definition) is 0. The Morgan fingerprint density at radius 3 is 2.93 bits per heavy atom. The number of alkyl halides is 1. The average Bonchev–Trinajstić information content (AvgIpc) is 2.51. The Morgan fingerprint density at radius 1 is 1.57 bits per heavy atom. The lowest BCUT2D eigenvalue weighted by molar-refractivity contribution is 0.100. The van der Waals surface area contributed by atoms with Crippen molar-refractivity contribution in [1.82, 2.24) is 14.7 Å². The van der Waals surface area contributed by atoms with Crippen LogP contribution in [0.2, 0.25) is 0 Å². The van der Waals surface area contributed by atoms with Crippen molar-refractivity contribution in [1.29, 1.82) is 0 Å². The van der Waals surface area contributed by atoms with E-state index in [-0.39, 0.29) is 6.04 Å². The van der Waals surface area contributed by atoms with Gasteiger partial charge in [-0.1, -0.05) is 0 Å². The van der Waals surface area contributed by atoms with Crippen molar-refractivity contribution in [3.05, 3.63) is 18.0 Å². The highest BCUT2D eigenvalue weighted by Gasteiger charge is 2.29. The van der Waals surface area contributed by atoms with Gasteiger partial charge in [0.25, 0.3) is 0 Å². The molecule has 0 radical (unpaired) electrons. The molecule has 2 heterocycles. The first-order valence-corrected chi connectivity index (χ1v) is 5.00. The number of piperidine rings is 1. The molecule has 1 aliphatic rings. The van der Waals surface area contributed by atoms with Crippen LogP contribution >= 0.6 is 0 Å². The summed E-state index contributed by atoms with van der Waals surface area (Å²) < 4.78 is 15.5. The molecular weight excluding hydrogens is 181 g/mol. The number of nitrogens with zero attached hydrogens (tertiary/aromatic N) is 3. The third-order valence-corrected chi connectivity index (χ3v) is 2.78. The molecule has 0 aromatic carbocycles. The SMILES string of the molecule is Cc1cnn(C2CCN(C)CC2F)c1. The number of aromatic nitrogens is 2. The second-order valence-corrected chi connectivity index (χ2v) is 4.13. The van der Waals surface area contributed by atoms with Gasteiger partial charge in [-0.2, -0.15) is 5.10 Å². The van der Waals surface area contributed by atoms with Gasteiger partial charge in [-0.25, -0.2) is 4.39 Å². The summed E-state index contributed by atoms with van der Waals surface area (Å²) in [6, 6.07) is -0.0695. The molecule has 4 heteroatoms. The summed E-state index contributed by atoms with van der Waals surface area (Å²) in [4.78, 5) is 2.03. The Balaban J connectivity index is 2.11. The lowest BCUT2D eigenvalue weighted by atomic mass is 10.0. The highest BCUT2D eigenvalue weighted by atomic mass is 19.1. The number of likely N-dealkylation sites (tertiary alicyclic amines) is 1. The molecule has 0 N–H and O–H groups in total. The molecule has 0 aliphatic carbocycles. The third kappa shape index (κ3) is 1.80. The molecule has 0 saturated carbocycles. The third-order valence-electron chi connectivity index (χ3n) is 2.78. The Bertz CT molecular complexity index is 310. The summed E-state index contributed by atoms with van der Waals surface area (Å²) >= 11 is 0. The van der Waals surface area contributed by atoms with E-state index in [0.29, 0.717) is 6.54 Å². The first-order valence-electron chi connectivity index (χ1n) is 5.00. The Hall–Kier alpha value is -0.900. The molecule has 1 saturated heterocycles. The zero-order valence-electron chi connectivity index (χ0n) is 8.65. The fourth-order valence-electron chi connectivity index (χ4n) is 1.96. The van der Waals surface area contributed by atoms with Gasteiger partial charge in [0, 0.05) is 19.3 Å². The van der Waals surface area contributed by atoms with E-state index in [2.05, 4.69) is 5.10 Å². The topological polar surface area (TPSA) is 21.1 Å². The molecule has 1 aliphatic heterocycles. The van der Waals surface area contributed by atoms with Crippen LogP contribution in [0, 0.1) is 6.92 Å². The molecule has 78 valence electrons. The molecule has 2 atom stereocenters. The van der Waals surface area contributed by atoms with Gasteiger partial charge < -0.3 is 4.90 Å². The molecule has 0 amide bonds. The zero-order valence-corrected chi connectivity index (χ0v) is 8.65. The molecular formula is C10H16FN3. The van der Waals surface area contributed by atoms with E-state index >= 15 is 0 Å². The fraction of sp³-hybridized carbons (Fsp3) is 0.700. The first-order chi connectivity index (χ1) is 6.66. The van der Waals surface area contributed by atoms with Gasteiger partial charge in [-0.15, -0.1) is 0 Å². The standard InChI is InChI=1S/C10H16FN3/c1-8-5-12-14(6-8)10-3-4-13(2)7-9(10)11/h5-6,9-10H,3-4,7H2,1-2H3. The second kappa shape index (κ2) is 3.69. The Morgan fingerprint density at radius 2 is 2.36 bits per heavy atom. The van der Waals surface area contributed by atoms with Crippen LogP contribution < -0.4 is 0 Å². The molecule has 3 nitrogen and oxygen atoms in total. The number of rotatable bonds is 1. The number of halogens is 1. The Labute approximate surface area is 83.5 Å². The van der Waals surface area contributed by atoms with Crippen molar-refractivity contribution >= 4 is 0 Å². The van der Waals surface area contributed by atoms with Gasteiger partial charge >= 0.3 is 0 Å². The molecule has 14 heavy (non-hydrogen) atoms. The van der Waals surface area contributed by atoms with E-state index in [9.17, 15) is 4.39 Å². The minimum Gasteiger partial charge on any atom is -0.303 e. The highest BCUT2D eigenvalue weighted by Crippen LogP contribution is 2.24. The van der Waals surface area contributed by atoms with E-state index in [1.54, 1.807) is 10.9 Å². The average molecular weight is 197 g/mol. The molecule has 2 unspecified atom stereocenters. The van der Waals surface area contributed by atoms with Crippen LogP contribution in [0.25, 0.3) is 0 Å². The van der Waals surface area contributed by atoms with Gasteiger partial charge in [0.2, 0.25) is 0 Å². The van der Waals surface area contributed by atoms with E-state index in [1.807, 2.05) is 25.1 Å². The maximum absolute atomic E-state index is 13.7. The predicted octanol–water partition coefficient (Wildman–Crippen LogP) is 1.41. The van der Waals surface area contributed by atoms with Crippen molar-refractivity contribution in [2.45, 2.75) is 25.6 Å². The summed E-state index contributed by atoms with van der Waals surface area (Å²) in [5.41, 5.74) is 1.09. The van der Waals surface area contributed by atoms with E-state index in [4.69, 9.17) is 0 Å². The van der Waals surface area contributed by atoms with Crippen LogP contribution in [0.5, 0.6) is 0 Å². The fourth-order valence-corrected chi connectivity index (χ4v) is 1.96. The minimum absolute atomic E-state index is 0.0695. The number of aryl methyl sites for hydroxylation is 1. The summed E-state index contributed by atoms with van der Waals surface area (Å²) in [6.45, 7) is 3.44.